The Morgan fingerprint density at radius 2 is 2.05 bits per heavy atom. The summed E-state index contributed by atoms with van der Waals surface area (Å²) >= 11 is 8.51. The summed E-state index contributed by atoms with van der Waals surface area (Å²) in [5.41, 5.74) is 9.93. The standard InChI is InChI=1S/C16H15BrN2OS/c17-13-7-11-5-6-20-15(11)12(8-13)9-19-14-3-1-10(2-4-14)16(18)21/h1-4,7-8,19H,5-6,9H2,(H2,18,21). The van der Waals surface area contributed by atoms with Crippen molar-refractivity contribution in [2.24, 2.45) is 5.73 Å². The molecule has 0 fully saturated rings. The maximum Gasteiger partial charge on any atom is 0.127 e. The lowest BCUT2D eigenvalue weighted by molar-refractivity contribution is 0.354. The molecule has 3 nitrogen and oxygen atoms in total. The molecule has 1 aliphatic rings. The van der Waals surface area contributed by atoms with Gasteiger partial charge in [0.2, 0.25) is 0 Å². The lowest BCUT2D eigenvalue weighted by Gasteiger charge is -2.11. The summed E-state index contributed by atoms with van der Waals surface area (Å²) in [6.45, 7) is 1.48. The minimum absolute atomic E-state index is 0.416. The highest BCUT2D eigenvalue weighted by molar-refractivity contribution is 9.10. The van der Waals surface area contributed by atoms with E-state index >= 15 is 0 Å². The molecule has 0 spiro atoms. The average Bonchev–Trinajstić information content (AvgIpc) is 2.93. The first kappa shape index (κ1) is 14.4. The molecule has 3 N–H and O–H groups in total. The molecular weight excluding hydrogens is 348 g/mol. The first-order valence-corrected chi connectivity index (χ1v) is 7.91. The normalized spacial score (nSPS) is 12.6. The van der Waals surface area contributed by atoms with Gasteiger partial charge in [-0.2, -0.15) is 0 Å². The van der Waals surface area contributed by atoms with E-state index < -0.39 is 0 Å². The molecule has 0 unspecified atom stereocenters. The van der Waals surface area contributed by atoms with Crippen LogP contribution in [0.1, 0.15) is 16.7 Å². The number of hydrogen-bond acceptors (Lipinski definition) is 3. The third-order valence-electron chi connectivity index (χ3n) is 3.48. The van der Waals surface area contributed by atoms with Gasteiger partial charge in [0.05, 0.1) is 6.61 Å². The number of benzene rings is 2. The Morgan fingerprint density at radius 1 is 1.29 bits per heavy atom. The quantitative estimate of drug-likeness (QED) is 0.815. The van der Waals surface area contributed by atoms with Crippen molar-refractivity contribution in [1.29, 1.82) is 0 Å². The maximum atomic E-state index is 5.73. The molecule has 0 saturated heterocycles. The predicted molar refractivity (Wildman–Crippen MR) is 93.0 cm³/mol. The zero-order valence-electron chi connectivity index (χ0n) is 11.4. The third-order valence-corrected chi connectivity index (χ3v) is 4.17. The van der Waals surface area contributed by atoms with Gasteiger partial charge in [-0.25, -0.2) is 0 Å². The largest absolute Gasteiger partial charge is 0.493 e. The van der Waals surface area contributed by atoms with Crippen molar-refractivity contribution >= 4 is 38.8 Å². The molecule has 3 rings (SSSR count). The molecule has 0 saturated carbocycles. The van der Waals surface area contributed by atoms with Gasteiger partial charge in [-0.15, -0.1) is 0 Å². The number of rotatable bonds is 4. The number of nitrogens with one attached hydrogen (secondary N) is 1. The van der Waals surface area contributed by atoms with Crippen LogP contribution in [0.2, 0.25) is 0 Å². The second-order valence-electron chi connectivity index (χ2n) is 4.95. The highest BCUT2D eigenvalue weighted by Crippen LogP contribution is 2.33. The van der Waals surface area contributed by atoms with E-state index in [1.807, 2.05) is 24.3 Å². The number of hydrogen-bond donors (Lipinski definition) is 2. The van der Waals surface area contributed by atoms with E-state index in [9.17, 15) is 0 Å². The van der Waals surface area contributed by atoms with Gasteiger partial charge < -0.3 is 15.8 Å². The molecule has 1 aliphatic heterocycles. The number of thiocarbonyl (C=S) groups is 1. The first-order chi connectivity index (χ1) is 10.1. The van der Waals surface area contributed by atoms with E-state index in [0.717, 1.165) is 40.1 Å². The zero-order valence-corrected chi connectivity index (χ0v) is 13.8. The van der Waals surface area contributed by atoms with Gasteiger partial charge >= 0.3 is 0 Å². The second-order valence-corrected chi connectivity index (χ2v) is 6.30. The van der Waals surface area contributed by atoms with Crippen LogP contribution in [0.25, 0.3) is 0 Å². The minimum Gasteiger partial charge on any atom is -0.493 e. The first-order valence-electron chi connectivity index (χ1n) is 6.71. The highest BCUT2D eigenvalue weighted by Gasteiger charge is 2.17. The molecular formula is C16H15BrN2OS. The SMILES string of the molecule is NC(=S)c1ccc(NCc2cc(Br)cc3c2OCC3)cc1. The van der Waals surface area contributed by atoms with Gasteiger partial charge in [-0.05, 0) is 42.0 Å². The van der Waals surface area contributed by atoms with Crippen LogP contribution in [0.15, 0.2) is 40.9 Å². The number of ether oxygens (including phenoxy) is 1. The van der Waals surface area contributed by atoms with Crippen LogP contribution in [-0.4, -0.2) is 11.6 Å². The molecule has 2 aromatic carbocycles. The van der Waals surface area contributed by atoms with Gasteiger partial charge in [-0.3, -0.25) is 0 Å². The summed E-state index contributed by atoms with van der Waals surface area (Å²) in [6.07, 6.45) is 0.977. The molecule has 1 heterocycles. The van der Waals surface area contributed by atoms with E-state index in [2.05, 4.69) is 33.4 Å². The van der Waals surface area contributed by atoms with Crippen LogP contribution in [0.4, 0.5) is 5.69 Å². The lowest BCUT2D eigenvalue weighted by atomic mass is 10.1. The molecule has 21 heavy (non-hydrogen) atoms. The molecule has 108 valence electrons. The van der Waals surface area contributed by atoms with Crippen molar-refractivity contribution in [2.45, 2.75) is 13.0 Å². The topological polar surface area (TPSA) is 47.3 Å². The maximum absolute atomic E-state index is 5.73. The Balaban J connectivity index is 1.75. The van der Waals surface area contributed by atoms with Crippen LogP contribution in [0.3, 0.4) is 0 Å². The van der Waals surface area contributed by atoms with Gasteiger partial charge in [0.15, 0.2) is 0 Å². The average molecular weight is 363 g/mol. The van der Waals surface area contributed by atoms with E-state index in [1.54, 1.807) is 0 Å². The smallest absolute Gasteiger partial charge is 0.127 e. The summed E-state index contributed by atoms with van der Waals surface area (Å²) in [7, 11) is 0. The van der Waals surface area contributed by atoms with Crippen molar-refractivity contribution in [3.8, 4) is 5.75 Å². The minimum atomic E-state index is 0.416. The molecule has 0 aromatic heterocycles. The fourth-order valence-corrected chi connectivity index (χ4v) is 3.12. The van der Waals surface area contributed by atoms with E-state index in [1.165, 1.54) is 5.56 Å². The predicted octanol–water partition coefficient (Wildman–Crippen LogP) is 3.63. The molecule has 0 radical (unpaired) electrons. The summed E-state index contributed by atoms with van der Waals surface area (Å²) < 4.78 is 6.82. The van der Waals surface area contributed by atoms with Crippen molar-refractivity contribution in [3.63, 3.8) is 0 Å². The number of anilines is 1. The summed E-state index contributed by atoms with van der Waals surface area (Å²) in [4.78, 5) is 0.416. The Labute approximate surface area is 137 Å². The Bertz CT molecular complexity index is 685. The fourth-order valence-electron chi connectivity index (χ4n) is 2.43. The van der Waals surface area contributed by atoms with Gasteiger partial charge in [0, 0.05) is 34.3 Å². The Kier molecular flexibility index (Phi) is 4.12. The summed E-state index contributed by atoms with van der Waals surface area (Å²) in [5.74, 6) is 1.02. The molecule has 0 atom stereocenters. The number of nitrogens with two attached hydrogens (primary N) is 1. The van der Waals surface area contributed by atoms with E-state index in [0.29, 0.717) is 11.5 Å². The van der Waals surface area contributed by atoms with Gasteiger partial charge in [-0.1, -0.05) is 28.1 Å². The van der Waals surface area contributed by atoms with Crippen LogP contribution in [0.5, 0.6) is 5.75 Å². The third kappa shape index (κ3) is 3.19. The second kappa shape index (κ2) is 6.03. The zero-order chi connectivity index (χ0) is 14.8. The Hall–Kier alpha value is -1.59. The number of fused-ring (bicyclic) bond motifs is 1. The monoisotopic (exact) mass is 362 g/mol. The van der Waals surface area contributed by atoms with Gasteiger partial charge in [0.25, 0.3) is 0 Å². The molecule has 0 aliphatic carbocycles. The highest BCUT2D eigenvalue weighted by atomic mass is 79.9. The molecule has 5 heteroatoms. The summed E-state index contributed by atoms with van der Waals surface area (Å²) in [6, 6.07) is 12.0. The number of halogens is 1. The Morgan fingerprint density at radius 3 is 2.76 bits per heavy atom. The molecule has 0 bridgehead atoms. The van der Waals surface area contributed by atoms with Crippen molar-refractivity contribution in [3.05, 3.63) is 57.6 Å². The summed E-state index contributed by atoms with van der Waals surface area (Å²) in [5, 5.41) is 3.40. The van der Waals surface area contributed by atoms with Crippen molar-refractivity contribution < 1.29 is 4.74 Å². The van der Waals surface area contributed by atoms with E-state index in [-0.39, 0.29) is 0 Å². The van der Waals surface area contributed by atoms with Crippen molar-refractivity contribution in [1.82, 2.24) is 0 Å². The van der Waals surface area contributed by atoms with Crippen LogP contribution < -0.4 is 15.8 Å². The van der Waals surface area contributed by atoms with Crippen LogP contribution in [0, 0.1) is 0 Å². The van der Waals surface area contributed by atoms with Crippen molar-refractivity contribution in [2.75, 3.05) is 11.9 Å². The van der Waals surface area contributed by atoms with E-state index in [4.69, 9.17) is 22.7 Å². The van der Waals surface area contributed by atoms with Gasteiger partial charge in [0.1, 0.15) is 10.7 Å². The fraction of sp³-hybridized carbons (Fsp3) is 0.188. The molecule has 0 amide bonds. The van der Waals surface area contributed by atoms with Crippen LogP contribution in [-0.2, 0) is 13.0 Å². The van der Waals surface area contributed by atoms with Crippen LogP contribution >= 0.6 is 28.1 Å². The molecule has 2 aromatic rings. The lowest BCUT2D eigenvalue weighted by Crippen LogP contribution is -2.09.